The van der Waals surface area contributed by atoms with Gasteiger partial charge in [0.15, 0.2) is 11.1 Å². The lowest BCUT2D eigenvalue weighted by Crippen LogP contribution is -2.73. The SMILES string of the molecule is C[C@]1(O)O[C@@H]2CO[C@@H]([C@@]2(O)P(c2ccccc2)c2ccccc2)[C@]1(O)P(c1ccccc1)c1ccccc1. The molecule has 2 aliphatic rings. The normalized spacial score (nSPS) is 30.6. The van der Waals surface area contributed by atoms with Crippen LogP contribution in [0.3, 0.4) is 0 Å². The number of aliphatic hydroxyl groups is 3. The van der Waals surface area contributed by atoms with E-state index in [0.717, 1.165) is 21.2 Å². The van der Waals surface area contributed by atoms with Crippen LogP contribution in [0.5, 0.6) is 0 Å². The molecule has 4 aromatic carbocycles. The second-order valence-electron chi connectivity index (χ2n) is 9.82. The van der Waals surface area contributed by atoms with Crippen molar-refractivity contribution in [3.63, 3.8) is 0 Å². The molecule has 5 atom stereocenters. The Kier molecular flexibility index (Phi) is 6.74. The molecule has 0 spiro atoms. The third-order valence-electron chi connectivity index (χ3n) is 7.45. The van der Waals surface area contributed by atoms with Crippen molar-refractivity contribution in [1.82, 2.24) is 0 Å². The monoisotopic (exact) mass is 544 g/mol. The van der Waals surface area contributed by atoms with Gasteiger partial charge in [0.2, 0.25) is 0 Å². The van der Waals surface area contributed by atoms with Crippen molar-refractivity contribution >= 4 is 37.1 Å². The average Bonchev–Trinajstić information content (AvgIpc) is 3.20. The number of hydrogen-bond acceptors (Lipinski definition) is 5. The van der Waals surface area contributed by atoms with Crippen LogP contribution in [-0.2, 0) is 9.47 Å². The predicted octanol–water partition coefficient (Wildman–Crippen LogP) is 3.14. The van der Waals surface area contributed by atoms with E-state index in [-0.39, 0.29) is 6.61 Å². The van der Waals surface area contributed by atoms with Gasteiger partial charge in [0, 0.05) is 0 Å². The average molecular weight is 545 g/mol. The Bertz CT molecular complexity index is 1290. The summed E-state index contributed by atoms with van der Waals surface area (Å²) in [5.74, 6) is -1.99. The molecule has 38 heavy (non-hydrogen) atoms. The zero-order valence-corrected chi connectivity index (χ0v) is 22.8. The molecule has 2 aliphatic heterocycles. The Morgan fingerprint density at radius 1 is 0.605 bits per heavy atom. The van der Waals surface area contributed by atoms with Crippen molar-refractivity contribution < 1.29 is 24.8 Å². The molecule has 0 amide bonds. The van der Waals surface area contributed by atoms with Crippen LogP contribution in [0.25, 0.3) is 0 Å². The molecule has 5 nitrogen and oxygen atoms in total. The summed E-state index contributed by atoms with van der Waals surface area (Å²) in [7, 11) is -3.16. The van der Waals surface area contributed by atoms with Gasteiger partial charge in [-0.05, 0) is 44.0 Å². The van der Waals surface area contributed by atoms with Crippen molar-refractivity contribution in [1.29, 1.82) is 0 Å². The summed E-state index contributed by atoms with van der Waals surface area (Å²) in [6.07, 6.45) is -1.96. The zero-order valence-electron chi connectivity index (χ0n) is 21.0. The van der Waals surface area contributed by atoms with Gasteiger partial charge in [-0.25, -0.2) is 0 Å². The van der Waals surface area contributed by atoms with E-state index in [4.69, 9.17) is 9.47 Å². The Hall–Kier alpha value is -2.46. The minimum atomic E-state index is -1.99. The Morgan fingerprint density at radius 2 is 0.974 bits per heavy atom. The molecule has 0 saturated carbocycles. The highest BCUT2D eigenvalue weighted by molar-refractivity contribution is 7.75. The fourth-order valence-electron chi connectivity index (χ4n) is 5.74. The smallest absolute Gasteiger partial charge is 0.199 e. The third kappa shape index (κ3) is 3.97. The molecule has 0 aromatic heterocycles. The topological polar surface area (TPSA) is 79.2 Å². The van der Waals surface area contributed by atoms with Gasteiger partial charge in [0.25, 0.3) is 0 Å². The van der Waals surface area contributed by atoms with E-state index in [1.807, 2.05) is 121 Å². The van der Waals surface area contributed by atoms with Crippen LogP contribution in [0.1, 0.15) is 6.92 Å². The van der Waals surface area contributed by atoms with Crippen molar-refractivity contribution in [3.8, 4) is 0 Å². The number of benzene rings is 4. The molecule has 0 unspecified atom stereocenters. The predicted molar refractivity (Wildman–Crippen MR) is 153 cm³/mol. The first kappa shape index (κ1) is 25.8. The van der Waals surface area contributed by atoms with E-state index >= 15 is 0 Å². The maximum absolute atomic E-state index is 12.9. The highest BCUT2D eigenvalue weighted by Crippen LogP contribution is 2.67. The molecule has 3 N–H and O–H groups in total. The van der Waals surface area contributed by atoms with Crippen molar-refractivity contribution in [2.45, 2.75) is 35.6 Å². The van der Waals surface area contributed by atoms with E-state index in [1.54, 1.807) is 0 Å². The first-order valence-corrected chi connectivity index (χ1v) is 15.3. The van der Waals surface area contributed by atoms with Crippen LogP contribution in [0.15, 0.2) is 121 Å². The van der Waals surface area contributed by atoms with Crippen molar-refractivity contribution in [2.75, 3.05) is 6.61 Å². The van der Waals surface area contributed by atoms with Gasteiger partial charge in [-0.1, -0.05) is 121 Å². The molecule has 0 aliphatic carbocycles. The van der Waals surface area contributed by atoms with Gasteiger partial charge in [-0.2, -0.15) is 0 Å². The standard InChI is InChI=1S/C31H30O5P2/c1-29(32)31(34,38(25-18-10-4-11-19-25)26-20-12-5-13-21-26)28-30(33,27(36-29)22-35-28)37(23-14-6-2-7-15-23)24-16-8-3-9-17-24/h2-21,27-28,32-34H,22H2,1H3/t27-,28+,29+,30+,31+/m1/s1. The first-order chi connectivity index (χ1) is 18.4. The molecule has 0 radical (unpaired) electrons. The van der Waals surface area contributed by atoms with Gasteiger partial charge in [-0.3, -0.25) is 0 Å². The summed E-state index contributed by atoms with van der Waals surface area (Å²) in [5.41, 5.74) is 0. The molecule has 4 aromatic rings. The summed E-state index contributed by atoms with van der Waals surface area (Å²) in [5, 5.41) is 37.6. The van der Waals surface area contributed by atoms with Crippen molar-refractivity contribution in [2.24, 2.45) is 0 Å². The van der Waals surface area contributed by atoms with Gasteiger partial charge < -0.3 is 24.8 Å². The molecule has 7 heteroatoms. The van der Waals surface area contributed by atoms with Crippen LogP contribution in [0, 0.1) is 0 Å². The molecular weight excluding hydrogens is 514 g/mol. The quantitative estimate of drug-likeness (QED) is 0.325. The number of ether oxygens (including phenoxy) is 2. The lowest BCUT2D eigenvalue weighted by Gasteiger charge is -2.58. The van der Waals surface area contributed by atoms with Gasteiger partial charge >= 0.3 is 0 Å². The molecule has 2 saturated heterocycles. The van der Waals surface area contributed by atoms with E-state index < -0.39 is 44.5 Å². The van der Waals surface area contributed by atoms with Crippen LogP contribution >= 0.6 is 15.8 Å². The van der Waals surface area contributed by atoms with Crippen LogP contribution in [-0.4, -0.2) is 50.6 Å². The molecule has 2 heterocycles. The van der Waals surface area contributed by atoms with Gasteiger partial charge in [0.05, 0.1) is 6.61 Å². The Labute approximate surface area is 225 Å². The fourth-order valence-corrected chi connectivity index (χ4v) is 11.8. The van der Waals surface area contributed by atoms with E-state index in [0.29, 0.717) is 0 Å². The second-order valence-corrected chi connectivity index (χ2v) is 14.6. The number of hydrogen-bond donors (Lipinski definition) is 3. The summed E-state index contributed by atoms with van der Waals surface area (Å²) in [4.78, 5) is 0. The molecular formula is C31H30O5P2. The summed E-state index contributed by atoms with van der Waals surface area (Å²) in [6.45, 7) is 1.56. The van der Waals surface area contributed by atoms with E-state index in [9.17, 15) is 15.3 Å². The molecule has 194 valence electrons. The first-order valence-electron chi connectivity index (χ1n) is 12.6. The van der Waals surface area contributed by atoms with Crippen molar-refractivity contribution in [3.05, 3.63) is 121 Å². The molecule has 2 bridgehead atoms. The highest BCUT2D eigenvalue weighted by atomic mass is 31.1. The molecule has 2 fully saturated rings. The fraction of sp³-hybridized carbons (Fsp3) is 0.226. The van der Waals surface area contributed by atoms with Gasteiger partial charge in [-0.15, -0.1) is 0 Å². The zero-order chi connectivity index (χ0) is 26.4. The van der Waals surface area contributed by atoms with E-state index in [1.165, 1.54) is 6.92 Å². The maximum atomic E-state index is 12.9. The Balaban J connectivity index is 1.59. The van der Waals surface area contributed by atoms with Gasteiger partial charge in [0.1, 0.15) is 17.6 Å². The van der Waals surface area contributed by atoms with Crippen LogP contribution in [0.4, 0.5) is 0 Å². The third-order valence-corrected chi connectivity index (χ3v) is 13.3. The minimum absolute atomic E-state index is 0.0604. The molecule has 6 rings (SSSR count). The largest absolute Gasteiger partial charge is 0.379 e. The van der Waals surface area contributed by atoms with E-state index in [2.05, 4.69) is 0 Å². The Morgan fingerprint density at radius 3 is 1.37 bits per heavy atom. The van der Waals surface area contributed by atoms with Crippen LogP contribution < -0.4 is 21.2 Å². The highest BCUT2D eigenvalue weighted by Gasteiger charge is 2.75. The van der Waals surface area contributed by atoms with Crippen LogP contribution in [0.2, 0.25) is 0 Å². The summed E-state index contributed by atoms with van der Waals surface area (Å²) in [6, 6.07) is 39.0. The number of rotatable bonds is 6. The summed E-state index contributed by atoms with van der Waals surface area (Å²) >= 11 is 0. The second kappa shape index (κ2) is 9.93. The number of fused-ring (bicyclic) bond motifs is 2. The lowest BCUT2D eigenvalue weighted by atomic mass is 9.94. The minimum Gasteiger partial charge on any atom is -0.379 e. The lowest BCUT2D eigenvalue weighted by molar-refractivity contribution is -0.328. The maximum Gasteiger partial charge on any atom is 0.199 e. The summed E-state index contributed by atoms with van der Waals surface area (Å²) < 4.78 is 12.6.